The van der Waals surface area contributed by atoms with E-state index in [2.05, 4.69) is 28.8 Å². The van der Waals surface area contributed by atoms with Crippen molar-refractivity contribution in [2.45, 2.75) is 31.6 Å². The molecule has 0 aromatic heterocycles. The summed E-state index contributed by atoms with van der Waals surface area (Å²) in [5.41, 5.74) is 2.15. The molecule has 0 bridgehead atoms. The third kappa shape index (κ3) is 4.18. The average Bonchev–Trinajstić information content (AvgIpc) is 2.51. The maximum Gasteiger partial charge on any atom is 0.240 e. The van der Waals surface area contributed by atoms with Gasteiger partial charge in [0, 0.05) is 25.3 Å². The fourth-order valence-electron chi connectivity index (χ4n) is 2.58. The first-order chi connectivity index (χ1) is 10.1. The molecule has 1 aliphatic heterocycles. The van der Waals surface area contributed by atoms with Gasteiger partial charge in [0.2, 0.25) is 10.0 Å². The van der Waals surface area contributed by atoms with Crippen LogP contribution in [0.3, 0.4) is 0 Å². The highest BCUT2D eigenvalue weighted by Crippen LogP contribution is 2.24. The van der Waals surface area contributed by atoms with Crippen molar-refractivity contribution in [3.05, 3.63) is 23.8 Å². The number of anilines is 1. The first kappa shape index (κ1) is 16.3. The van der Waals surface area contributed by atoms with Crippen molar-refractivity contribution in [2.75, 3.05) is 38.0 Å². The molecule has 1 aromatic rings. The van der Waals surface area contributed by atoms with E-state index in [1.807, 2.05) is 6.07 Å². The van der Waals surface area contributed by atoms with Gasteiger partial charge in [-0.2, -0.15) is 0 Å². The minimum atomic E-state index is -3.41. The van der Waals surface area contributed by atoms with Crippen LogP contribution in [-0.4, -0.2) is 46.0 Å². The molecule has 1 aliphatic rings. The minimum Gasteiger partial charge on any atom is -0.385 e. The Morgan fingerprint density at radius 2 is 2.05 bits per heavy atom. The molecule has 0 saturated heterocycles. The molecule has 0 radical (unpaired) electrons. The van der Waals surface area contributed by atoms with Crippen molar-refractivity contribution in [1.29, 1.82) is 0 Å². The van der Waals surface area contributed by atoms with Crippen LogP contribution in [0.2, 0.25) is 0 Å². The van der Waals surface area contributed by atoms with Crippen LogP contribution in [0.25, 0.3) is 0 Å². The molecule has 0 saturated carbocycles. The second-order valence-corrected chi connectivity index (χ2v) is 7.04. The number of hydrogen-bond acceptors (Lipinski definition) is 4. The molecule has 118 valence electrons. The Bertz CT molecular complexity index is 568. The molecule has 0 fully saturated rings. The summed E-state index contributed by atoms with van der Waals surface area (Å²) in [6.45, 7) is 8.16. The highest BCUT2D eigenvalue weighted by molar-refractivity contribution is 7.89. The topological polar surface area (TPSA) is 61.4 Å². The predicted octanol–water partition coefficient (Wildman–Crippen LogP) is 1.66. The number of benzene rings is 1. The van der Waals surface area contributed by atoms with E-state index < -0.39 is 10.0 Å². The van der Waals surface area contributed by atoms with Crippen molar-refractivity contribution in [3.63, 3.8) is 0 Å². The number of nitrogens with one attached hydrogen (secondary N) is 2. The highest BCUT2D eigenvalue weighted by Gasteiger charge is 2.17. The van der Waals surface area contributed by atoms with Gasteiger partial charge in [0.15, 0.2) is 0 Å². The van der Waals surface area contributed by atoms with Crippen molar-refractivity contribution in [2.24, 2.45) is 0 Å². The van der Waals surface area contributed by atoms with Crippen LogP contribution in [0, 0.1) is 0 Å². The summed E-state index contributed by atoms with van der Waals surface area (Å²) in [6.07, 6.45) is 1.98. The molecule has 1 heterocycles. The lowest BCUT2D eigenvalue weighted by molar-refractivity contribution is 0.309. The van der Waals surface area contributed by atoms with E-state index in [1.54, 1.807) is 12.1 Å². The lowest BCUT2D eigenvalue weighted by Gasteiger charge is -2.20. The molecule has 21 heavy (non-hydrogen) atoms. The quantitative estimate of drug-likeness (QED) is 0.804. The number of sulfonamides is 1. The Morgan fingerprint density at radius 1 is 1.29 bits per heavy atom. The predicted molar refractivity (Wildman–Crippen MR) is 86.2 cm³/mol. The maximum absolute atomic E-state index is 12.3. The largest absolute Gasteiger partial charge is 0.385 e. The van der Waals surface area contributed by atoms with Crippen LogP contribution in [0.15, 0.2) is 23.1 Å². The van der Waals surface area contributed by atoms with Crippen LogP contribution in [0.1, 0.15) is 25.8 Å². The summed E-state index contributed by atoms with van der Waals surface area (Å²) in [5.74, 6) is 0. The van der Waals surface area contributed by atoms with Gasteiger partial charge < -0.3 is 10.2 Å². The number of likely N-dealkylation sites (N-methyl/N-ethyl adjacent to an activating group) is 1. The standard InChI is InChI=1S/C15H25N3O2S/c1-3-18(4-2)11-10-17-21(19,20)14-7-8-15-13(12-14)6-5-9-16-15/h7-8,12,16-17H,3-6,9-11H2,1-2H3. The van der Waals surface area contributed by atoms with E-state index in [0.717, 1.165) is 50.3 Å². The van der Waals surface area contributed by atoms with Crippen LogP contribution in [0.4, 0.5) is 5.69 Å². The summed E-state index contributed by atoms with van der Waals surface area (Å²) in [6, 6.07) is 5.34. The van der Waals surface area contributed by atoms with Gasteiger partial charge in [-0.3, -0.25) is 0 Å². The van der Waals surface area contributed by atoms with Crippen molar-refractivity contribution >= 4 is 15.7 Å². The second-order valence-electron chi connectivity index (χ2n) is 5.27. The molecule has 1 aromatic carbocycles. The van der Waals surface area contributed by atoms with Gasteiger partial charge in [-0.05, 0) is 49.7 Å². The fourth-order valence-corrected chi connectivity index (χ4v) is 3.65. The third-order valence-electron chi connectivity index (χ3n) is 3.94. The lowest BCUT2D eigenvalue weighted by atomic mass is 10.0. The highest BCUT2D eigenvalue weighted by atomic mass is 32.2. The second kappa shape index (κ2) is 7.24. The minimum absolute atomic E-state index is 0.365. The molecule has 2 rings (SSSR count). The van der Waals surface area contributed by atoms with E-state index in [9.17, 15) is 8.42 Å². The summed E-state index contributed by atoms with van der Waals surface area (Å²) in [7, 11) is -3.41. The Morgan fingerprint density at radius 3 is 2.76 bits per heavy atom. The molecule has 2 N–H and O–H groups in total. The molecule has 0 atom stereocenters. The van der Waals surface area contributed by atoms with Crippen LogP contribution in [0.5, 0.6) is 0 Å². The number of fused-ring (bicyclic) bond motifs is 1. The molecule has 6 heteroatoms. The number of aryl methyl sites for hydroxylation is 1. The van der Waals surface area contributed by atoms with E-state index in [4.69, 9.17) is 0 Å². The third-order valence-corrected chi connectivity index (χ3v) is 5.40. The lowest BCUT2D eigenvalue weighted by Crippen LogP contribution is -2.34. The van der Waals surface area contributed by atoms with Crippen LogP contribution in [-0.2, 0) is 16.4 Å². The normalized spacial score (nSPS) is 14.8. The number of hydrogen-bond donors (Lipinski definition) is 2. The van der Waals surface area contributed by atoms with Gasteiger partial charge >= 0.3 is 0 Å². The van der Waals surface area contributed by atoms with Crippen molar-refractivity contribution in [1.82, 2.24) is 9.62 Å². The van der Waals surface area contributed by atoms with E-state index in [-0.39, 0.29) is 0 Å². The molecule has 0 amide bonds. The Kier molecular flexibility index (Phi) is 5.61. The van der Waals surface area contributed by atoms with Crippen LogP contribution >= 0.6 is 0 Å². The molecule has 0 aliphatic carbocycles. The zero-order chi connectivity index (χ0) is 15.3. The smallest absolute Gasteiger partial charge is 0.240 e. The summed E-state index contributed by atoms with van der Waals surface area (Å²) < 4.78 is 27.3. The van der Waals surface area contributed by atoms with E-state index >= 15 is 0 Å². The van der Waals surface area contributed by atoms with Crippen LogP contribution < -0.4 is 10.0 Å². The Hall–Kier alpha value is -1.11. The first-order valence-electron chi connectivity index (χ1n) is 7.65. The van der Waals surface area contributed by atoms with Gasteiger partial charge in [-0.15, -0.1) is 0 Å². The molecule has 0 unspecified atom stereocenters. The van der Waals surface area contributed by atoms with Crippen molar-refractivity contribution in [3.8, 4) is 0 Å². The Labute approximate surface area is 127 Å². The van der Waals surface area contributed by atoms with E-state index in [0.29, 0.717) is 11.4 Å². The SMILES string of the molecule is CCN(CC)CCNS(=O)(=O)c1ccc2c(c1)CCCN2. The van der Waals surface area contributed by atoms with Crippen molar-refractivity contribution < 1.29 is 8.42 Å². The number of nitrogens with zero attached hydrogens (tertiary/aromatic N) is 1. The average molecular weight is 311 g/mol. The van der Waals surface area contributed by atoms with Gasteiger partial charge in [0.05, 0.1) is 4.90 Å². The van der Waals surface area contributed by atoms with Gasteiger partial charge in [-0.25, -0.2) is 13.1 Å². The van der Waals surface area contributed by atoms with Gasteiger partial charge in [-0.1, -0.05) is 13.8 Å². The first-order valence-corrected chi connectivity index (χ1v) is 9.14. The summed E-state index contributed by atoms with van der Waals surface area (Å²) in [5, 5.41) is 3.29. The molecule has 0 spiro atoms. The zero-order valence-corrected chi connectivity index (χ0v) is 13.7. The summed E-state index contributed by atoms with van der Waals surface area (Å²) in [4.78, 5) is 2.56. The molecular weight excluding hydrogens is 286 g/mol. The van der Waals surface area contributed by atoms with Gasteiger partial charge in [0.1, 0.15) is 0 Å². The monoisotopic (exact) mass is 311 g/mol. The maximum atomic E-state index is 12.3. The molecular formula is C15H25N3O2S. The summed E-state index contributed by atoms with van der Waals surface area (Å²) >= 11 is 0. The van der Waals surface area contributed by atoms with Gasteiger partial charge in [0.25, 0.3) is 0 Å². The Balaban J connectivity index is 2.02. The number of rotatable bonds is 7. The zero-order valence-electron chi connectivity index (χ0n) is 12.9. The molecule has 5 nitrogen and oxygen atoms in total. The van der Waals surface area contributed by atoms with E-state index in [1.165, 1.54) is 0 Å². The fraction of sp³-hybridized carbons (Fsp3) is 0.600.